The van der Waals surface area contributed by atoms with Crippen molar-refractivity contribution in [1.29, 1.82) is 0 Å². The topological polar surface area (TPSA) is 72.5 Å². The summed E-state index contributed by atoms with van der Waals surface area (Å²) >= 11 is 5.76. The van der Waals surface area contributed by atoms with Crippen molar-refractivity contribution in [1.82, 2.24) is 0 Å². The van der Waals surface area contributed by atoms with Crippen molar-refractivity contribution in [3.63, 3.8) is 0 Å². The van der Waals surface area contributed by atoms with Gasteiger partial charge in [0.25, 0.3) is 0 Å². The molecule has 0 fully saturated rings. The van der Waals surface area contributed by atoms with E-state index in [1.807, 2.05) is 0 Å². The molecule has 110 valence electrons. The van der Waals surface area contributed by atoms with E-state index in [1.165, 1.54) is 49.6 Å². The molecule has 0 heterocycles. The lowest BCUT2D eigenvalue weighted by atomic mass is 10.3. The molecule has 0 saturated heterocycles. The van der Waals surface area contributed by atoms with Gasteiger partial charge >= 0.3 is 0 Å². The molecule has 0 radical (unpaired) electrons. The molecule has 5 nitrogen and oxygen atoms in total. The number of methoxy groups -OCH3 is 1. The molecule has 2 aromatic rings. The summed E-state index contributed by atoms with van der Waals surface area (Å²) in [6.07, 6.45) is 0.466. The van der Waals surface area contributed by atoms with Crippen LogP contribution in [0.1, 0.15) is 0 Å². The maximum absolute atomic E-state index is 12.6. The van der Waals surface area contributed by atoms with Crippen LogP contribution in [0.4, 0.5) is 5.69 Å². The number of anilines is 1. The fraction of sp³-hybridized carbons (Fsp3) is 0.0714. The van der Waals surface area contributed by atoms with Gasteiger partial charge in [0.05, 0.1) is 16.9 Å². The number of amides is 1. The Kier molecular flexibility index (Phi) is 4.50. The Morgan fingerprint density at radius 2 is 1.76 bits per heavy atom. The molecule has 0 saturated carbocycles. The molecule has 1 N–H and O–H groups in total. The first-order chi connectivity index (χ1) is 9.97. The Bertz CT molecular complexity index is 757. The molecule has 0 atom stereocenters. The van der Waals surface area contributed by atoms with Crippen LogP contribution >= 0.6 is 11.6 Å². The number of ether oxygens (including phenoxy) is 1. The number of carbonyl (C=O) groups excluding carboxylic acids is 1. The smallest absolute Gasteiger partial charge is 0.211 e. The first kappa shape index (κ1) is 15.3. The predicted octanol–water partition coefficient (Wildman–Crippen LogP) is 2.75. The summed E-state index contributed by atoms with van der Waals surface area (Å²) in [4.78, 5) is 10.7. The third-order valence-electron chi connectivity index (χ3n) is 2.78. The second-order valence-corrected chi connectivity index (χ2v) is 6.50. The van der Waals surface area contributed by atoms with Crippen LogP contribution in [0.5, 0.6) is 5.75 Å². The minimum atomic E-state index is -3.72. The second-order valence-electron chi connectivity index (χ2n) is 4.12. The van der Waals surface area contributed by atoms with Crippen molar-refractivity contribution in [3.8, 4) is 5.75 Å². The van der Waals surface area contributed by atoms with Crippen LogP contribution in [0.2, 0.25) is 5.02 Å². The minimum absolute atomic E-state index is 0.0218. The van der Waals surface area contributed by atoms with E-state index in [9.17, 15) is 13.2 Å². The van der Waals surface area contributed by atoms with Crippen LogP contribution < -0.4 is 10.1 Å². The zero-order chi connectivity index (χ0) is 15.5. The van der Waals surface area contributed by atoms with Gasteiger partial charge in [0.1, 0.15) is 5.75 Å². The molecular formula is C14H12ClNO4S. The van der Waals surface area contributed by atoms with Gasteiger partial charge in [-0.15, -0.1) is 0 Å². The van der Waals surface area contributed by atoms with E-state index in [2.05, 4.69) is 5.32 Å². The lowest BCUT2D eigenvalue weighted by Gasteiger charge is -2.09. The highest BCUT2D eigenvalue weighted by Gasteiger charge is 2.19. The van der Waals surface area contributed by atoms with Gasteiger partial charge in [-0.1, -0.05) is 11.6 Å². The number of hydrogen-bond acceptors (Lipinski definition) is 4. The van der Waals surface area contributed by atoms with E-state index in [1.54, 1.807) is 0 Å². The molecule has 0 aliphatic carbocycles. The van der Waals surface area contributed by atoms with E-state index < -0.39 is 9.84 Å². The normalized spacial score (nSPS) is 11.0. The molecular weight excluding hydrogens is 314 g/mol. The third kappa shape index (κ3) is 3.34. The minimum Gasteiger partial charge on any atom is -0.497 e. The quantitative estimate of drug-likeness (QED) is 0.858. The molecule has 0 spiro atoms. The van der Waals surface area contributed by atoms with Crippen LogP contribution in [0.3, 0.4) is 0 Å². The molecule has 7 heteroatoms. The van der Waals surface area contributed by atoms with Gasteiger partial charge in [-0.3, -0.25) is 4.79 Å². The lowest BCUT2D eigenvalue weighted by molar-refractivity contribution is -0.105. The third-order valence-corrected chi connectivity index (χ3v) is 4.78. The Labute approximate surface area is 127 Å². The van der Waals surface area contributed by atoms with Crippen LogP contribution in [-0.2, 0) is 14.6 Å². The van der Waals surface area contributed by atoms with E-state index in [4.69, 9.17) is 16.3 Å². The van der Waals surface area contributed by atoms with Gasteiger partial charge < -0.3 is 10.1 Å². The van der Waals surface area contributed by atoms with Crippen molar-refractivity contribution in [2.45, 2.75) is 9.79 Å². The Balaban J connectivity index is 2.55. The summed E-state index contributed by atoms with van der Waals surface area (Å²) in [5, 5.41) is 2.86. The number of hydrogen-bond donors (Lipinski definition) is 1. The number of benzene rings is 2. The summed E-state index contributed by atoms with van der Waals surface area (Å²) in [7, 11) is -2.31. The molecule has 0 unspecified atom stereocenters. The summed E-state index contributed by atoms with van der Waals surface area (Å²) in [5.41, 5.74) is 0.330. The van der Waals surface area contributed by atoms with Crippen molar-refractivity contribution >= 4 is 33.5 Å². The van der Waals surface area contributed by atoms with Crippen LogP contribution in [-0.4, -0.2) is 21.9 Å². The number of sulfone groups is 1. The lowest BCUT2D eigenvalue weighted by Crippen LogP contribution is -2.04. The van der Waals surface area contributed by atoms with Gasteiger partial charge in [0.2, 0.25) is 16.2 Å². The van der Waals surface area contributed by atoms with Crippen molar-refractivity contribution in [3.05, 3.63) is 47.5 Å². The number of halogens is 1. The average molecular weight is 326 g/mol. The van der Waals surface area contributed by atoms with E-state index in [0.29, 0.717) is 22.9 Å². The Morgan fingerprint density at radius 1 is 1.10 bits per heavy atom. The summed E-state index contributed by atoms with van der Waals surface area (Å²) in [5.74, 6) is 0.328. The Morgan fingerprint density at radius 3 is 2.33 bits per heavy atom. The predicted molar refractivity (Wildman–Crippen MR) is 79.6 cm³/mol. The zero-order valence-electron chi connectivity index (χ0n) is 11.0. The molecule has 1 amide bonds. The summed E-state index contributed by atoms with van der Waals surface area (Å²) in [6.45, 7) is 0. The summed E-state index contributed by atoms with van der Waals surface area (Å²) < 4.78 is 30.2. The first-order valence-electron chi connectivity index (χ1n) is 5.87. The highest BCUT2D eigenvalue weighted by atomic mass is 35.5. The second kappa shape index (κ2) is 6.15. The maximum atomic E-state index is 12.6. The van der Waals surface area contributed by atoms with Crippen LogP contribution in [0.25, 0.3) is 0 Å². The number of carbonyl (C=O) groups is 1. The van der Waals surface area contributed by atoms with E-state index in [-0.39, 0.29) is 9.79 Å². The maximum Gasteiger partial charge on any atom is 0.211 e. The van der Waals surface area contributed by atoms with E-state index in [0.717, 1.165) is 0 Å². The molecule has 21 heavy (non-hydrogen) atoms. The fourth-order valence-corrected chi connectivity index (χ4v) is 3.19. The van der Waals surface area contributed by atoms with Crippen molar-refractivity contribution < 1.29 is 17.9 Å². The molecule has 0 aliphatic rings. The van der Waals surface area contributed by atoms with Crippen molar-refractivity contribution in [2.24, 2.45) is 0 Å². The highest BCUT2D eigenvalue weighted by Crippen LogP contribution is 2.28. The molecule has 0 aliphatic heterocycles. The molecule has 2 rings (SSSR count). The van der Waals surface area contributed by atoms with Gasteiger partial charge in [-0.25, -0.2) is 8.42 Å². The molecule has 0 aromatic heterocycles. The van der Waals surface area contributed by atoms with Crippen molar-refractivity contribution in [2.75, 3.05) is 12.4 Å². The number of nitrogens with one attached hydrogen (secondary N) is 1. The standard InChI is InChI=1S/C14H12ClNO4S/c1-20-12-6-11(16-9-17)7-14(8-12)21(18,19)13-4-2-10(15)3-5-13/h2-9H,1H3,(H,16,17). The number of rotatable bonds is 5. The summed E-state index contributed by atoms with van der Waals surface area (Å²) in [6, 6.07) is 10.1. The molecule has 0 bridgehead atoms. The van der Waals surface area contributed by atoms with Crippen LogP contribution in [0, 0.1) is 0 Å². The first-order valence-corrected chi connectivity index (χ1v) is 7.73. The molecule has 2 aromatic carbocycles. The van der Waals surface area contributed by atoms with Gasteiger partial charge in [-0.2, -0.15) is 0 Å². The monoisotopic (exact) mass is 325 g/mol. The fourth-order valence-electron chi connectivity index (χ4n) is 1.75. The zero-order valence-corrected chi connectivity index (χ0v) is 12.6. The Hall–Kier alpha value is -2.05. The van der Waals surface area contributed by atoms with Crippen LogP contribution in [0.15, 0.2) is 52.3 Å². The van der Waals surface area contributed by atoms with E-state index >= 15 is 0 Å². The highest BCUT2D eigenvalue weighted by molar-refractivity contribution is 7.91. The largest absolute Gasteiger partial charge is 0.497 e. The van der Waals surface area contributed by atoms with Gasteiger partial charge in [0, 0.05) is 16.8 Å². The average Bonchev–Trinajstić information content (AvgIpc) is 2.47. The SMILES string of the molecule is COc1cc(NC=O)cc(S(=O)(=O)c2ccc(Cl)cc2)c1. The van der Waals surface area contributed by atoms with Gasteiger partial charge in [-0.05, 0) is 36.4 Å². The van der Waals surface area contributed by atoms with Gasteiger partial charge in [0.15, 0.2) is 0 Å².